The molecular formula is C15H21N3O. The number of aromatic nitrogens is 2. The largest absolute Gasteiger partial charge is 0.369 e. The average molecular weight is 259 g/mol. The maximum Gasteiger partial charge on any atom is 0.252 e. The third-order valence-corrected chi connectivity index (χ3v) is 3.83. The summed E-state index contributed by atoms with van der Waals surface area (Å²) in [5, 5.41) is 0. The minimum Gasteiger partial charge on any atom is -0.369 e. The quantitative estimate of drug-likeness (QED) is 0.802. The molecule has 19 heavy (non-hydrogen) atoms. The van der Waals surface area contributed by atoms with Gasteiger partial charge in [-0.25, -0.2) is 4.98 Å². The van der Waals surface area contributed by atoms with Gasteiger partial charge in [-0.15, -0.1) is 0 Å². The van der Waals surface area contributed by atoms with E-state index < -0.39 is 0 Å². The summed E-state index contributed by atoms with van der Waals surface area (Å²) in [7, 11) is 0. The van der Waals surface area contributed by atoms with Crippen LogP contribution in [0.3, 0.4) is 0 Å². The van der Waals surface area contributed by atoms with Gasteiger partial charge in [0, 0.05) is 12.0 Å². The van der Waals surface area contributed by atoms with E-state index in [2.05, 4.69) is 42.9 Å². The smallest absolute Gasteiger partial charge is 0.252 e. The lowest BCUT2D eigenvalue weighted by Crippen LogP contribution is -2.26. The number of nitrogens with one attached hydrogen (secondary N) is 1. The van der Waals surface area contributed by atoms with Crippen molar-refractivity contribution < 1.29 is 0 Å². The van der Waals surface area contributed by atoms with Crippen molar-refractivity contribution in [2.45, 2.75) is 33.6 Å². The first-order valence-corrected chi connectivity index (χ1v) is 6.60. The van der Waals surface area contributed by atoms with Crippen molar-refractivity contribution >= 4 is 12.0 Å². The number of allylic oxidation sites excluding steroid dienone is 3. The zero-order valence-electron chi connectivity index (χ0n) is 11.7. The first kappa shape index (κ1) is 13.6. The fourth-order valence-electron chi connectivity index (χ4n) is 2.76. The zero-order chi connectivity index (χ0) is 14.0. The van der Waals surface area contributed by atoms with E-state index in [-0.39, 0.29) is 16.9 Å². The Morgan fingerprint density at radius 3 is 2.89 bits per heavy atom. The van der Waals surface area contributed by atoms with Crippen LogP contribution in [-0.4, -0.2) is 9.97 Å². The molecule has 4 heteroatoms. The molecule has 2 rings (SSSR count). The van der Waals surface area contributed by atoms with Crippen molar-refractivity contribution in [1.82, 2.24) is 9.97 Å². The van der Waals surface area contributed by atoms with Crippen LogP contribution < -0.4 is 11.3 Å². The SMILES string of the molecule is CC1=CCCC(C)(C)C1/C=C/c1cc(=O)[nH]c(N)n1. The van der Waals surface area contributed by atoms with Crippen LogP contribution in [0.2, 0.25) is 0 Å². The fraction of sp³-hybridized carbons (Fsp3) is 0.467. The van der Waals surface area contributed by atoms with Crippen LogP contribution in [0, 0.1) is 11.3 Å². The summed E-state index contributed by atoms with van der Waals surface area (Å²) in [6, 6.07) is 1.46. The standard InChI is InChI=1S/C15H21N3O/c1-10-5-4-8-15(2,3)12(10)7-6-11-9-13(19)18-14(16)17-11/h5-7,9,12H,4,8H2,1-3H3,(H3,16,17,18,19)/b7-6+. The highest BCUT2D eigenvalue weighted by Crippen LogP contribution is 2.41. The molecule has 0 radical (unpaired) electrons. The van der Waals surface area contributed by atoms with Crippen molar-refractivity contribution in [2.75, 3.05) is 5.73 Å². The molecule has 1 aliphatic carbocycles. The number of aromatic amines is 1. The number of anilines is 1. The van der Waals surface area contributed by atoms with Gasteiger partial charge < -0.3 is 5.73 Å². The van der Waals surface area contributed by atoms with Crippen molar-refractivity contribution in [3.63, 3.8) is 0 Å². The predicted octanol–water partition coefficient (Wildman–Crippen LogP) is 2.75. The molecule has 0 aliphatic heterocycles. The molecule has 1 atom stereocenters. The highest BCUT2D eigenvalue weighted by molar-refractivity contribution is 5.47. The molecule has 1 aromatic heterocycles. The maximum absolute atomic E-state index is 11.3. The lowest BCUT2D eigenvalue weighted by molar-refractivity contribution is 0.256. The maximum atomic E-state index is 11.3. The molecule has 0 saturated carbocycles. The second-order valence-electron chi connectivity index (χ2n) is 5.87. The summed E-state index contributed by atoms with van der Waals surface area (Å²) < 4.78 is 0. The van der Waals surface area contributed by atoms with Crippen LogP contribution in [-0.2, 0) is 0 Å². The van der Waals surface area contributed by atoms with Crippen molar-refractivity contribution in [3.05, 3.63) is 39.8 Å². The molecule has 1 unspecified atom stereocenters. The predicted molar refractivity (Wildman–Crippen MR) is 78.6 cm³/mol. The molecular weight excluding hydrogens is 238 g/mol. The summed E-state index contributed by atoms with van der Waals surface area (Å²) >= 11 is 0. The topological polar surface area (TPSA) is 71.8 Å². The van der Waals surface area contributed by atoms with Crippen LogP contribution in [0.4, 0.5) is 5.95 Å². The van der Waals surface area contributed by atoms with Gasteiger partial charge in [-0.3, -0.25) is 9.78 Å². The molecule has 0 saturated heterocycles. The number of hydrogen-bond donors (Lipinski definition) is 2. The zero-order valence-corrected chi connectivity index (χ0v) is 11.7. The van der Waals surface area contributed by atoms with Gasteiger partial charge in [-0.05, 0) is 31.3 Å². The molecule has 4 nitrogen and oxygen atoms in total. The molecule has 3 N–H and O–H groups in total. The van der Waals surface area contributed by atoms with E-state index in [4.69, 9.17) is 5.73 Å². The van der Waals surface area contributed by atoms with Gasteiger partial charge in [0.1, 0.15) is 0 Å². The minimum absolute atomic E-state index is 0.155. The highest BCUT2D eigenvalue weighted by atomic mass is 16.1. The molecule has 1 heterocycles. The molecule has 1 aromatic rings. The Morgan fingerprint density at radius 2 is 2.26 bits per heavy atom. The first-order chi connectivity index (χ1) is 8.88. The number of hydrogen-bond acceptors (Lipinski definition) is 3. The number of nitrogens with zero attached hydrogens (tertiary/aromatic N) is 1. The molecule has 0 fully saturated rings. The van der Waals surface area contributed by atoms with E-state index in [1.807, 2.05) is 6.08 Å². The molecule has 1 aliphatic rings. The van der Waals surface area contributed by atoms with Crippen molar-refractivity contribution in [2.24, 2.45) is 11.3 Å². The van der Waals surface area contributed by atoms with Crippen LogP contribution in [0.1, 0.15) is 39.3 Å². The highest BCUT2D eigenvalue weighted by Gasteiger charge is 2.30. The number of nitrogens with two attached hydrogens (primary N) is 1. The van der Waals surface area contributed by atoms with Crippen LogP contribution in [0.25, 0.3) is 6.08 Å². The average Bonchev–Trinajstić information content (AvgIpc) is 2.26. The lowest BCUT2D eigenvalue weighted by atomic mass is 9.68. The van der Waals surface area contributed by atoms with Gasteiger partial charge in [-0.1, -0.05) is 31.6 Å². The summed E-state index contributed by atoms with van der Waals surface area (Å²) in [6.45, 7) is 6.71. The Morgan fingerprint density at radius 1 is 1.53 bits per heavy atom. The molecule has 0 bridgehead atoms. The number of nitrogen functional groups attached to an aromatic ring is 1. The normalized spacial score (nSPS) is 22.5. The summed E-state index contributed by atoms with van der Waals surface area (Å²) in [5.41, 5.74) is 7.54. The van der Waals surface area contributed by atoms with E-state index >= 15 is 0 Å². The summed E-state index contributed by atoms with van der Waals surface area (Å²) in [6.07, 6.45) is 8.62. The Bertz CT molecular complexity index is 581. The van der Waals surface area contributed by atoms with E-state index in [9.17, 15) is 4.79 Å². The molecule has 0 aromatic carbocycles. The van der Waals surface area contributed by atoms with Crippen molar-refractivity contribution in [1.29, 1.82) is 0 Å². The molecule has 0 amide bonds. The minimum atomic E-state index is -0.220. The van der Waals surface area contributed by atoms with Crippen molar-refractivity contribution in [3.8, 4) is 0 Å². The van der Waals surface area contributed by atoms with E-state index in [0.717, 1.165) is 6.42 Å². The third-order valence-electron chi connectivity index (χ3n) is 3.83. The number of H-pyrrole nitrogens is 1. The number of rotatable bonds is 2. The van der Waals surface area contributed by atoms with Gasteiger partial charge in [-0.2, -0.15) is 0 Å². The van der Waals surface area contributed by atoms with E-state index in [0.29, 0.717) is 11.6 Å². The third kappa shape index (κ3) is 3.13. The van der Waals surface area contributed by atoms with Gasteiger partial charge in [0.25, 0.3) is 5.56 Å². The van der Waals surface area contributed by atoms with Crippen LogP contribution in [0.5, 0.6) is 0 Å². The monoisotopic (exact) mass is 259 g/mol. The second kappa shape index (κ2) is 5.03. The Labute approximate surface area is 113 Å². The Kier molecular flexibility index (Phi) is 3.60. The molecule has 0 spiro atoms. The van der Waals surface area contributed by atoms with E-state index in [1.54, 1.807) is 0 Å². The van der Waals surface area contributed by atoms with Crippen LogP contribution in [0.15, 0.2) is 28.6 Å². The molecule has 102 valence electrons. The van der Waals surface area contributed by atoms with Crippen LogP contribution >= 0.6 is 0 Å². The van der Waals surface area contributed by atoms with Gasteiger partial charge >= 0.3 is 0 Å². The fourth-order valence-corrected chi connectivity index (χ4v) is 2.76. The van der Waals surface area contributed by atoms with Gasteiger partial charge in [0.05, 0.1) is 5.69 Å². The lowest BCUT2D eigenvalue weighted by Gasteiger charge is -2.36. The first-order valence-electron chi connectivity index (χ1n) is 6.60. The summed E-state index contributed by atoms with van der Waals surface area (Å²) in [5.74, 6) is 0.533. The van der Waals surface area contributed by atoms with Gasteiger partial charge in [0.15, 0.2) is 0 Å². The van der Waals surface area contributed by atoms with E-state index in [1.165, 1.54) is 18.1 Å². The van der Waals surface area contributed by atoms with Gasteiger partial charge in [0.2, 0.25) is 5.95 Å². The Hall–Kier alpha value is -1.84. The second-order valence-corrected chi connectivity index (χ2v) is 5.87. The Balaban J connectivity index is 2.28. The summed E-state index contributed by atoms with van der Waals surface area (Å²) in [4.78, 5) is 17.9.